The van der Waals surface area contributed by atoms with E-state index in [0.29, 0.717) is 5.56 Å². The van der Waals surface area contributed by atoms with Crippen LogP contribution in [-0.4, -0.2) is 40.7 Å². The Balaban J connectivity index is 1.95. The lowest BCUT2D eigenvalue weighted by Crippen LogP contribution is -2.36. The van der Waals surface area contributed by atoms with Crippen molar-refractivity contribution in [3.05, 3.63) is 35.6 Å². The molecule has 1 heterocycles. The SMILES string of the molecule is CN(Cc1cccc(F)c1)C(=O)C1CC(C(=O)O)=NO1. The number of amides is 1. The number of rotatable bonds is 4. The van der Waals surface area contributed by atoms with E-state index >= 15 is 0 Å². The van der Waals surface area contributed by atoms with Gasteiger partial charge in [0.05, 0.1) is 0 Å². The van der Waals surface area contributed by atoms with Crippen LogP contribution in [-0.2, 0) is 21.0 Å². The van der Waals surface area contributed by atoms with E-state index in [-0.39, 0.29) is 24.5 Å². The first-order chi connectivity index (χ1) is 9.47. The molecule has 6 nitrogen and oxygen atoms in total. The van der Waals surface area contributed by atoms with Gasteiger partial charge in [-0.25, -0.2) is 9.18 Å². The number of carboxylic acid groups (broad SMARTS) is 1. The van der Waals surface area contributed by atoms with Gasteiger partial charge in [-0.15, -0.1) is 0 Å². The molecule has 0 radical (unpaired) electrons. The molecule has 1 N–H and O–H groups in total. The summed E-state index contributed by atoms with van der Waals surface area (Å²) in [6, 6.07) is 5.90. The molecule has 0 aromatic heterocycles. The maximum Gasteiger partial charge on any atom is 0.353 e. The molecular formula is C13H13FN2O4. The van der Waals surface area contributed by atoms with Crippen LogP contribution in [0.1, 0.15) is 12.0 Å². The van der Waals surface area contributed by atoms with E-state index in [1.807, 2.05) is 0 Å². The summed E-state index contributed by atoms with van der Waals surface area (Å²) in [5.74, 6) is -1.97. The average Bonchev–Trinajstić information content (AvgIpc) is 2.87. The molecule has 1 amide bonds. The van der Waals surface area contributed by atoms with Crippen molar-refractivity contribution in [1.29, 1.82) is 0 Å². The van der Waals surface area contributed by atoms with Crippen LogP contribution in [0.5, 0.6) is 0 Å². The molecule has 0 saturated heterocycles. The van der Waals surface area contributed by atoms with Crippen molar-refractivity contribution in [2.45, 2.75) is 19.1 Å². The summed E-state index contributed by atoms with van der Waals surface area (Å²) in [4.78, 5) is 28.9. The van der Waals surface area contributed by atoms with Crippen LogP contribution in [0.2, 0.25) is 0 Å². The number of aliphatic carboxylic acids is 1. The van der Waals surface area contributed by atoms with Gasteiger partial charge >= 0.3 is 5.97 Å². The molecule has 0 spiro atoms. The maximum absolute atomic E-state index is 13.0. The average molecular weight is 280 g/mol. The van der Waals surface area contributed by atoms with Gasteiger partial charge in [0.1, 0.15) is 5.82 Å². The molecular weight excluding hydrogens is 267 g/mol. The summed E-state index contributed by atoms with van der Waals surface area (Å²) >= 11 is 0. The van der Waals surface area contributed by atoms with E-state index < -0.39 is 18.0 Å². The van der Waals surface area contributed by atoms with Gasteiger partial charge < -0.3 is 14.8 Å². The van der Waals surface area contributed by atoms with E-state index in [9.17, 15) is 14.0 Å². The number of benzene rings is 1. The first kappa shape index (κ1) is 14.0. The predicted molar refractivity (Wildman–Crippen MR) is 67.4 cm³/mol. The molecule has 0 bridgehead atoms. The van der Waals surface area contributed by atoms with Crippen molar-refractivity contribution >= 4 is 17.6 Å². The number of halogens is 1. The first-order valence-electron chi connectivity index (χ1n) is 5.93. The molecule has 0 aliphatic carbocycles. The Morgan fingerprint density at radius 2 is 2.30 bits per heavy atom. The summed E-state index contributed by atoms with van der Waals surface area (Å²) < 4.78 is 13.0. The fourth-order valence-electron chi connectivity index (χ4n) is 1.87. The Labute approximate surface area is 114 Å². The van der Waals surface area contributed by atoms with Crippen molar-refractivity contribution < 1.29 is 23.9 Å². The van der Waals surface area contributed by atoms with Gasteiger partial charge in [0.15, 0.2) is 5.71 Å². The number of oxime groups is 1. The molecule has 1 atom stereocenters. The van der Waals surface area contributed by atoms with Crippen molar-refractivity contribution in [3.8, 4) is 0 Å². The molecule has 1 aliphatic heterocycles. The Morgan fingerprint density at radius 3 is 2.90 bits per heavy atom. The number of carbonyl (C=O) groups is 2. The summed E-state index contributed by atoms with van der Waals surface area (Å²) in [7, 11) is 1.54. The monoisotopic (exact) mass is 280 g/mol. The quantitative estimate of drug-likeness (QED) is 0.892. The van der Waals surface area contributed by atoms with Crippen LogP contribution >= 0.6 is 0 Å². The molecule has 1 aliphatic rings. The number of nitrogens with zero attached hydrogens (tertiary/aromatic N) is 2. The minimum absolute atomic E-state index is 0.0678. The van der Waals surface area contributed by atoms with Crippen LogP contribution in [0.4, 0.5) is 4.39 Å². The zero-order valence-corrected chi connectivity index (χ0v) is 10.7. The van der Waals surface area contributed by atoms with Crippen LogP contribution in [0.15, 0.2) is 29.4 Å². The highest BCUT2D eigenvalue weighted by atomic mass is 19.1. The van der Waals surface area contributed by atoms with Crippen molar-refractivity contribution in [2.24, 2.45) is 5.16 Å². The number of carboxylic acids is 1. The summed E-state index contributed by atoms with van der Waals surface area (Å²) in [6.07, 6.45) is -0.999. The standard InChI is InChI=1S/C13H13FN2O4/c1-16(7-8-3-2-4-9(14)5-8)12(17)11-6-10(13(18)19)15-20-11/h2-5,11H,6-7H2,1H3,(H,18,19). The highest BCUT2D eigenvalue weighted by molar-refractivity contribution is 6.36. The van der Waals surface area contributed by atoms with Gasteiger partial charge in [-0.1, -0.05) is 17.3 Å². The Bertz CT molecular complexity index is 573. The van der Waals surface area contributed by atoms with Crippen molar-refractivity contribution in [2.75, 3.05) is 7.05 Å². The molecule has 1 aromatic carbocycles. The largest absolute Gasteiger partial charge is 0.477 e. The van der Waals surface area contributed by atoms with Gasteiger partial charge in [0.25, 0.3) is 5.91 Å². The van der Waals surface area contributed by atoms with E-state index in [0.717, 1.165) is 0 Å². The minimum Gasteiger partial charge on any atom is -0.477 e. The number of hydrogen-bond donors (Lipinski definition) is 1. The molecule has 1 aromatic rings. The number of likely N-dealkylation sites (N-methyl/N-ethyl adjacent to an activating group) is 1. The third-order valence-corrected chi connectivity index (χ3v) is 2.88. The minimum atomic E-state index is -1.20. The zero-order valence-electron chi connectivity index (χ0n) is 10.7. The molecule has 0 fully saturated rings. The second kappa shape index (κ2) is 5.68. The lowest BCUT2D eigenvalue weighted by molar-refractivity contribution is -0.141. The van der Waals surface area contributed by atoms with Crippen LogP contribution in [0, 0.1) is 5.82 Å². The topological polar surface area (TPSA) is 79.2 Å². The highest BCUT2D eigenvalue weighted by Crippen LogP contribution is 2.15. The van der Waals surface area contributed by atoms with Crippen LogP contribution in [0.3, 0.4) is 0 Å². The van der Waals surface area contributed by atoms with E-state index in [1.54, 1.807) is 12.1 Å². The lowest BCUT2D eigenvalue weighted by atomic mass is 10.1. The van der Waals surface area contributed by atoms with Gasteiger partial charge in [0, 0.05) is 20.0 Å². The zero-order chi connectivity index (χ0) is 14.7. The summed E-state index contributed by atoms with van der Waals surface area (Å²) in [5.41, 5.74) is 0.459. The normalized spacial score (nSPS) is 17.3. The highest BCUT2D eigenvalue weighted by Gasteiger charge is 2.33. The first-order valence-corrected chi connectivity index (χ1v) is 5.93. The molecule has 7 heteroatoms. The third kappa shape index (κ3) is 3.11. The van der Waals surface area contributed by atoms with E-state index in [4.69, 9.17) is 9.94 Å². The second-order valence-corrected chi connectivity index (χ2v) is 4.47. The van der Waals surface area contributed by atoms with Gasteiger partial charge in [-0.2, -0.15) is 0 Å². The van der Waals surface area contributed by atoms with E-state index in [2.05, 4.69) is 5.16 Å². The third-order valence-electron chi connectivity index (χ3n) is 2.88. The lowest BCUT2D eigenvalue weighted by Gasteiger charge is -2.19. The fraction of sp³-hybridized carbons (Fsp3) is 0.308. The molecule has 106 valence electrons. The smallest absolute Gasteiger partial charge is 0.353 e. The van der Waals surface area contributed by atoms with Gasteiger partial charge in [0.2, 0.25) is 6.10 Å². The number of carbonyl (C=O) groups excluding carboxylic acids is 1. The van der Waals surface area contributed by atoms with Crippen molar-refractivity contribution in [1.82, 2.24) is 4.90 Å². The molecule has 1 unspecified atom stereocenters. The fourth-order valence-corrected chi connectivity index (χ4v) is 1.87. The summed E-state index contributed by atoms with van der Waals surface area (Å²) in [5, 5.41) is 12.1. The number of hydrogen-bond acceptors (Lipinski definition) is 4. The van der Waals surface area contributed by atoms with Crippen LogP contribution < -0.4 is 0 Å². The molecule has 20 heavy (non-hydrogen) atoms. The maximum atomic E-state index is 13.0. The summed E-state index contributed by atoms with van der Waals surface area (Å²) in [6.45, 7) is 0.207. The molecule has 0 saturated carbocycles. The van der Waals surface area contributed by atoms with Crippen LogP contribution in [0.25, 0.3) is 0 Å². The Morgan fingerprint density at radius 1 is 1.55 bits per heavy atom. The van der Waals surface area contributed by atoms with Gasteiger partial charge in [-0.3, -0.25) is 4.79 Å². The van der Waals surface area contributed by atoms with E-state index in [1.165, 1.54) is 24.1 Å². The van der Waals surface area contributed by atoms with Gasteiger partial charge in [-0.05, 0) is 17.7 Å². The predicted octanol–water partition coefficient (Wildman–Crippen LogP) is 1.01. The van der Waals surface area contributed by atoms with Crippen molar-refractivity contribution in [3.63, 3.8) is 0 Å². The Kier molecular flexibility index (Phi) is 3.97. The Hall–Kier alpha value is -2.44. The molecule has 2 rings (SSSR count). The second-order valence-electron chi connectivity index (χ2n) is 4.47.